The zero-order valence-electron chi connectivity index (χ0n) is 18.3. The van der Waals surface area contributed by atoms with Gasteiger partial charge in [0.25, 0.3) is 0 Å². The van der Waals surface area contributed by atoms with Crippen LogP contribution < -0.4 is 15.5 Å². The predicted molar refractivity (Wildman–Crippen MR) is 130 cm³/mol. The van der Waals surface area contributed by atoms with Crippen molar-refractivity contribution >= 4 is 23.4 Å². The summed E-state index contributed by atoms with van der Waals surface area (Å²) in [7, 11) is 0. The minimum Gasteiger partial charge on any atom is -0.494 e. The highest BCUT2D eigenvalue weighted by Crippen LogP contribution is 2.39. The van der Waals surface area contributed by atoms with Gasteiger partial charge in [-0.05, 0) is 48.9 Å². The Balaban J connectivity index is 1.49. The number of aromatic nitrogens is 3. The highest BCUT2D eigenvalue weighted by molar-refractivity contribution is 8.00. The van der Waals surface area contributed by atoms with E-state index in [9.17, 15) is 9.18 Å². The summed E-state index contributed by atoms with van der Waals surface area (Å²) in [4.78, 5) is 13.3. The minimum atomic E-state index is -0.552. The molecule has 3 aromatic carbocycles. The molecule has 1 aliphatic heterocycles. The van der Waals surface area contributed by atoms with Gasteiger partial charge in [-0.15, -0.1) is 10.2 Å². The summed E-state index contributed by atoms with van der Waals surface area (Å²) in [6.07, 6.45) is 0. The van der Waals surface area contributed by atoms with E-state index in [2.05, 4.69) is 20.9 Å². The molecule has 9 heteroatoms. The molecule has 5 rings (SSSR count). The molecule has 0 bridgehead atoms. The third-order valence-corrected chi connectivity index (χ3v) is 6.60. The third-order valence-electron chi connectivity index (χ3n) is 5.39. The van der Waals surface area contributed by atoms with E-state index in [-0.39, 0.29) is 17.8 Å². The van der Waals surface area contributed by atoms with E-state index in [1.165, 1.54) is 36.0 Å². The Labute approximate surface area is 200 Å². The fourth-order valence-electron chi connectivity index (χ4n) is 3.76. The molecule has 0 radical (unpaired) electrons. The number of hydrogen-bond donors (Lipinski definition) is 2. The maximum Gasteiger partial charge on any atom is 0.240 e. The second-order valence-corrected chi connectivity index (χ2v) is 8.76. The molecule has 0 spiro atoms. The van der Waals surface area contributed by atoms with Crippen LogP contribution in [0.3, 0.4) is 0 Å². The quantitative estimate of drug-likeness (QED) is 0.414. The molecular formula is C25H22FN5O2S. The molecule has 0 saturated carbocycles. The number of halogens is 1. The van der Waals surface area contributed by atoms with Crippen molar-refractivity contribution in [1.82, 2.24) is 14.9 Å². The van der Waals surface area contributed by atoms with Crippen molar-refractivity contribution in [3.63, 3.8) is 0 Å². The number of fused-ring (bicyclic) bond motifs is 1. The standard InChI is InChI=1S/C25H22FN5O2S/c1-2-33-20-14-8-16(9-15-20)21-22(24(32)27-19-12-10-18(26)11-13-19)34-25-29-28-23(31(25)30-21)17-6-4-3-5-7-17/h3-15,21-22,30H,2H2,1H3,(H,27,32)/t21-,22-/m1/s1. The maximum atomic E-state index is 13.3. The lowest BCUT2D eigenvalue weighted by Crippen LogP contribution is -2.41. The lowest BCUT2D eigenvalue weighted by Gasteiger charge is -2.33. The molecule has 1 aliphatic rings. The number of carbonyl (C=O) groups is 1. The van der Waals surface area contributed by atoms with Gasteiger partial charge >= 0.3 is 0 Å². The Morgan fingerprint density at radius 2 is 1.79 bits per heavy atom. The number of amides is 1. The first kappa shape index (κ1) is 22.0. The van der Waals surface area contributed by atoms with Gasteiger partial charge in [0, 0.05) is 11.3 Å². The van der Waals surface area contributed by atoms with Crippen LogP contribution in [-0.4, -0.2) is 32.6 Å². The number of nitrogens with zero attached hydrogens (tertiary/aromatic N) is 3. The topological polar surface area (TPSA) is 81.1 Å². The molecule has 0 aliphatic carbocycles. The number of benzene rings is 3. The smallest absolute Gasteiger partial charge is 0.240 e. The van der Waals surface area contributed by atoms with Gasteiger partial charge in [0.05, 0.1) is 12.6 Å². The summed E-state index contributed by atoms with van der Waals surface area (Å²) in [6, 6.07) is 22.7. The first-order valence-electron chi connectivity index (χ1n) is 10.9. The molecule has 172 valence electrons. The van der Waals surface area contributed by atoms with Gasteiger partial charge in [-0.3, -0.25) is 4.79 Å². The predicted octanol–water partition coefficient (Wildman–Crippen LogP) is 4.88. The van der Waals surface area contributed by atoms with Crippen LogP contribution in [0.15, 0.2) is 84.0 Å². The number of hydrogen-bond acceptors (Lipinski definition) is 6. The molecule has 0 unspecified atom stereocenters. The zero-order valence-corrected chi connectivity index (χ0v) is 19.1. The monoisotopic (exact) mass is 475 g/mol. The van der Waals surface area contributed by atoms with E-state index in [4.69, 9.17) is 4.74 Å². The number of rotatable bonds is 6. The number of anilines is 1. The number of ether oxygens (including phenoxy) is 1. The Morgan fingerprint density at radius 3 is 2.50 bits per heavy atom. The highest BCUT2D eigenvalue weighted by atomic mass is 32.2. The van der Waals surface area contributed by atoms with Crippen LogP contribution in [0, 0.1) is 5.82 Å². The van der Waals surface area contributed by atoms with Crippen molar-refractivity contribution in [3.8, 4) is 17.1 Å². The van der Waals surface area contributed by atoms with Gasteiger partial charge in [0.2, 0.25) is 11.1 Å². The van der Waals surface area contributed by atoms with Gasteiger partial charge in [-0.2, -0.15) is 0 Å². The van der Waals surface area contributed by atoms with E-state index >= 15 is 0 Å². The first-order chi connectivity index (χ1) is 16.6. The maximum absolute atomic E-state index is 13.3. The van der Waals surface area contributed by atoms with Crippen molar-refractivity contribution in [2.45, 2.75) is 23.4 Å². The number of nitrogens with one attached hydrogen (secondary N) is 2. The molecule has 2 heterocycles. The fourth-order valence-corrected chi connectivity index (χ4v) is 4.84. The fraction of sp³-hybridized carbons (Fsp3) is 0.160. The Bertz CT molecular complexity index is 1280. The molecule has 7 nitrogen and oxygen atoms in total. The van der Waals surface area contributed by atoms with Gasteiger partial charge in [0.1, 0.15) is 16.8 Å². The normalized spacial score (nSPS) is 16.9. The SMILES string of the molecule is CCOc1ccc([C@H]2Nn3c(nnc3-c3ccccc3)S[C@H]2C(=O)Nc2ccc(F)cc2)cc1. The molecule has 2 atom stereocenters. The van der Waals surface area contributed by atoms with Gasteiger partial charge in [-0.1, -0.05) is 54.2 Å². The van der Waals surface area contributed by atoms with Crippen molar-refractivity contribution in [3.05, 3.63) is 90.2 Å². The van der Waals surface area contributed by atoms with Crippen molar-refractivity contribution in [2.75, 3.05) is 17.3 Å². The lowest BCUT2D eigenvalue weighted by molar-refractivity contribution is -0.116. The van der Waals surface area contributed by atoms with Crippen LogP contribution in [0.4, 0.5) is 10.1 Å². The molecule has 34 heavy (non-hydrogen) atoms. The third kappa shape index (κ3) is 4.47. The first-order valence-corrected chi connectivity index (χ1v) is 11.7. The second-order valence-electron chi connectivity index (χ2n) is 7.65. The summed E-state index contributed by atoms with van der Waals surface area (Å²) >= 11 is 1.33. The van der Waals surface area contributed by atoms with Gasteiger partial charge < -0.3 is 15.5 Å². The molecule has 4 aromatic rings. The summed E-state index contributed by atoms with van der Waals surface area (Å²) in [5.74, 6) is 0.840. The van der Waals surface area contributed by atoms with E-state index in [1.807, 2.05) is 66.2 Å². The minimum absolute atomic E-state index is 0.224. The molecule has 1 aromatic heterocycles. The Hall–Kier alpha value is -3.85. The molecular weight excluding hydrogens is 453 g/mol. The van der Waals surface area contributed by atoms with Crippen molar-refractivity contribution < 1.29 is 13.9 Å². The van der Waals surface area contributed by atoms with E-state index in [1.54, 1.807) is 0 Å². The Kier molecular flexibility index (Phi) is 6.18. The Morgan fingerprint density at radius 1 is 1.06 bits per heavy atom. The lowest BCUT2D eigenvalue weighted by atomic mass is 10.0. The second kappa shape index (κ2) is 9.56. The number of thioether (sulfide) groups is 1. The van der Waals surface area contributed by atoms with Crippen LogP contribution in [0.5, 0.6) is 5.75 Å². The largest absolute Gasteiger partial charge is 0.494 e. The van der Waals surface area contributed by atoms with E-state index in [0.717, 1.165) is 16.9 Å². The van der Waals surface area contributed by atoms with Crippen LogP contribution in [0.25, 0.3) is 11.4 Å². The molecule has 2 N–H and O–H groups in total. The average molecular weight is 476 g/mol. The summed E-state index contributed by atoms with van der Waals surface area (Å²) in [6.45, 7) is 2.51. The van der Waals surface area contributed by atoms with Crippen molar-refractivity contribution in [2.24, 2.45) is 0 Å². The average Bonchev–Trinajstić information content (AvgIpc) is 3.29. The molecule has 0 saturated heterocycles. The molecule has 0 fully saturated rings. The number of carbonyl (C=O) groups excluding carboxylic acids is 1. The summed E-state index contributed by atoms with van der Waals surface area (Å²) < 4.78 is 20.7. The van der Waals surface area contributed by atoms with Crippen LogP contribution in [-0.2, 0) is 4.79 Å². The summed E-state index contributed by atoms with van der Waals surface area (Å²) in [5.41, 5.74) is 5.79. The zero-order chi connectivity index (χ0) is 23.5. The van der Waals surface area contributed by atoms with E-state index in [0.29, 0.717) is 23.3 Å². The van der Waals surface area contributed by atoms with Crippen LogP contribution >= 0.6 is 11.8 Å². The van der Waals surface area contributed by atoms with Gasteiger partial charge in [0.15, 0.2) is 5.82 Å². The van der Waals surface area contributed by atoms with E-state index < -0.39 is 5.25 Å². The van der Waals surface area contributed by atoms with Crippen molar-refractivity contribution in [1.29, 1.82) is 0 Å². The summed E-state index contributed by atoms with van der Waals surface area (Å²) in [5, 5.41) is 11.6. The van der Waals surface area contributed by atoms with Crippen LogP contribution in [0.2, 0.25) is 0 Å². The highest BCUT2D eigenvalue weighted by Gasteiger charge is 2.38. The van der Waals surface area contributed by atoms with Crippen LogP contribution in [0.1, 0.15) is 18.5 Å². The molecule has 1 amide bonds. The van der Waals surface area contributed by atoms with Gasteiger partial charge in [-0.25, -0.2) is 9.07 Å².